The van der Waals surface area contributed by atoms with E-state index in [1.807, 2.05) is 0 Å². The average Bonchev–Trinajstić information content (AvgIpc) is 1.61. The molecule has 7 aliphatic rings. The number of carbonyl (C=O) groups excluding carboxylic acids is 12. The fraction of sp³-hybridized carbons (Fsp3) is 0.143. The number of halogens is 9. The normalized spacial score (nSPS) is 17.6. The highest BCUT2D eigenvalue weighted by atomic mass is 19.4. The van der Waals surface area contributed by atoms with Crippen molar-refractivity contribution in [2.75, 3.05) is 0 Å². The SMILES string of the molecule is CC(c1ccc2c(c1)C(=O)OC2=O)(c1ccc2c(c1)C(=O)OC2=O)C(F)(F)F.CC1(C(F)(F)F)c2cc3c(cc2Oc2cc4c(cc21)C(=O)OC4=O)C(=O)CC3=O.O=C1OC(=O)c2cc(C(c3ccccc3)(c3ccc4c(c3)C(=O)OC4=O)C(F)(F)F)ccc21. The van der Waals surface area contributed by atoms with Crippen LogP contribution >= 0.6 is 0 Å². The first-order valence-corrected chi connectivity index (χ1v) is 26.0. The molecule has 90 heavy (non-hydrogen) atoms. The molecule has 0 fully saturated rings. The maximum absolute atomic E-state index is 15.1. The largest absolute Gasteiger partial charge is 0.457 e. The zero-order valence-electron chi connectivity index (χ0n) is 45.1. The van der Waals surface area contributed by atoms with Crippen LogP contribution in [0.3, 0.4) is 0 Å². The number of rotatable bonds is 5. The van der Waals surface area contributed by atoms with Gasteiger partial charge in [-0.2, -0.15) is 39.5 Å². The number of esters is 10. The number of alkyl halides is 9. The number of carbonyl (C=O) groups is 12. The lowest BCUT2D eigenvalue weighted by atomic mass is 9.68. The molecule has 7 aromatic carbocycles. The summed E-state index contributed by atoms with van der Waals surface area (Å²) in [5.41, 5.74) is -12.7. The van der Waals surface area contributed by atoms with Crippen LogP contribution in [0.25, 0.3) is 0 Å². The van der Waals surface area contributed by atoms with Crippen molar-refractivity contribution in [2.45, 2.75) is 55.0 Å². The van der Waals surface area contributed by atoms with Crippen LogP contribution in [0.4, 0.5) is 39.5 Å². The summed E-state index contributed by atoms with van der Waals surface area (Å²) in [6.45, 7) is 1.77. The molecule has 0 bridgehead atoms. The van der Waals surface area contributed by atoms with E-state index in [0.717, 1.165) is 111 Å². The lowest BCUT2D eigenvalue weighted by Crippen LogP contribution is -2.44. The Hall–Kier alpha value is -11.3. The minimum atomic E-state index is -4.98. The fourth-order valence-electron chi connectivity index (χ4n) is 11.6. The lowest BCUT2D eigenvalue weighted by Gasteiger charge is -2.39. The predicted molar refractivity (Wildman–Crippen MR) is 278 cm³/mol. The van der Waals surface area contributed by atoms with Crippen LogP contribution in [-0.2, 0) is 39.9 Å². The molecule has 0 N–H and O–H groups in total. The Morgan fingerprint density at radius 3 is 0.978 bits per heavy atom. The fourth-order valence-corrected chi connectivity index (χ4v) is 11.6. The third-order valence-electron chi connectivity index (χ3n) is 16.4. The van der Waals surface area contributed by atoms with Gasteiger partial charge in [0.2, 0.25) is 0 Å². The molecule has 7 aromatic rings. The molecule has 27 heteroatoms. The average molecular weight is 1240 g/mol. The van der Waals surface area contributed by atoms with Gasteiger partial charge in [0.25, 0.3) is 0 Å². The molecular formula is C63H29F9O18. The number of hydrogen-bond acceptors (Lipinski definition) is 18. The molecule has 6 aliphatic heterocycles. The van der Waals surface area contributed by atoms with Crippen LogP contribution in [0.2, 0.25) is 0 Å². The van der Waals surface area contributed by atoms with Gasteiger partial charge in [0, 0.05) is 22.3 Å². The summed E-state index contributed by atoms with van der Waals surface area (Å²) < 4.78 is 159. The molecule has 1 aliphatic carbocycles. The van der Waals surface area contributed by atoms with Gasteiger partial charge < -0.3 is 28.4 Å². The molecule has 6 heterocycles. The zero-order valence-corrected chi connectivity index (χ0v) is 45.1. The van der Waals surface area contributed by atoms with Gasteiger partial charge in [-0.15, -0.1) is 0 Å². The van der Waals surface area contributed by atoms with E-state index in [1.54, 1.807) is 6.07 Å². The van der Waals surface area contributed by atoms with Crippen LogP contribution in [0, 0.1) is 0 Å². The molecule has 1 unspecified atom stereocenters. The van der Waals surface area contributed by atoms with Gasteiger partial charge in [-0.3, -0.25) is 9.59 Å². The standard InChI is InChI=1S/C24H11F3O6.C20H9F3O6.C19H9F3O6/c25-24(26,27)23(12-4-2-1-3-5-12,13-6-8-15-17(10-13)21(30)32-19(15)28)14-7-9-16-18(11-14)22(31)33-20(16)29;1-19(20(21,22)23)11-2-7-8(14(25)6-13(7)24)4-15(11)28-16-5-10-9(3-12(16)19)17(26)29-18(10)27;1-18(19(20,21)22,8-2-4-10-12(6-8)16(25)27-14(10)23)9-3-5-11-13(7-9)17(26)28-15(11)24/h1-11H;2-5H,6H2,1H3;2-7H,1H3. The van der Waals surface area contributed by atoms with E-state index in [-0.39, 0.29) is 117 Å². The second kappa shape index (κ2) is 19.9. The van der Waals surface area contributed by atoms with Crippen molar-refractivity contribution in [2.24, 2.45) is 0 Å². The Labute approximate surface area is 495 Å². The Kier molecular flexibility index (Phi) is 13.1. The highest BCUT2D eigenvalue weighted by Crippen LogP contribution is 2.58. The molecule has 0 saturated carbocycles. The first-order chi connectivity index (χ1) is 42.2. The van der Waals surface area contributed by atoms with Crippen LogP contribution in [0.5, 0.6) is 11.5 Å². The van der Waals surface area contributed by atoms with Crippen LogP contribution in [0.1, 0.15) is 184 Å². The van der Waals surface area contributed by atoms with E-state index in [9.17, 15) is 83.9 Å². The van der Waals surface area contributed by atoms with E-state index in [0.29, 0.717) is 0 Å². The summed E-state index contributed by atoms with van der Waals surface area (Å²) >= 11 is 0. The maximum atomic E-state index is 15.1. The summed E-state index contributed by atoms with van der Waals surface area (Å²) in [6, 6.07) is 23.6. The lowest BCUT2D eigenvalue weighted by molar-refractivity contribution is -0.175. The molecule has 452 valence electrons. The Balaban J connectivity index is 0.000000131. The molecule has 0 radical (unpaired) electrons. The van der Waals surface area contributed by atoms with Crippen molar-refractivity contribution in [3.8, 4) is 11.5 Å². The van der Waals surface area contributed by atoms with E-state index < -0.39 is 112 Å². The van der Waals surface area contributed by atoms with Crippen LogP contribution in [-0.4, -0.2) is 89.8 Å². The van der Waals surface area contributed by atoms with Gasteiger partial charge in [-0.05, 0) is 114 Å². The van der Waals surface area contributed by atoms with E-state index in [2.05, 4.69) is 23.7 Å². The minimum absolute atomic E-state index is 0.00234. The number of hydrogen-bond donors (Lipinski definition) is 0. The van der Waals surface area contributed by atoms with Crippen LogP contribution < -0.4 is 4.74 Å². The smallest absolute Gasteiger partial charge is 0.406 e. The van der Waals surface area contributed by atoms with Gasteiger partial charge in [0.05, 0.1) is 62.1 Å². The monoisotopic (exact) mass is 1240 g/mol. The summed E-state index contributed by atoms with van der Waals surface area (Å²) in [6.07, 6.45) is -15.1. The van der Waals surface area contributed by atoms with Crippen molar-refractivity contribution in [3.63, 3.8) is 0 Å². The summed E-state index contributed by atoms with van der Waals surface area (Å²) in [5, 5.41) is 0. The van der Waals surface area contributed by atoms with Gasteiger partial charge in [-0.1, -0.05) is 54.6 Å². The van der Waals surface area contributed by atoms with Crippen molar-refractivity contribution in [1.82, 2.24) is 0 Å². The summed E-state index contributed by atoms with van der Waals surface area (Å²) in [7, 11) is 0. The number of Topliss-reactive ketones (excluding diaryl/α,β-unsaturated/α-hetero) is 2. The predicted octanol–water partition coefficient (Wildman–Crippen LogP) is 11.1. The molecule has 0 aromatic heterocycles. The second-order valence-electron chi connectivity index (χ2n) is 21.2. The maximum Gasteiger partial charge on any atom is 0.406 e. The Morgan fingerprint density at radius 2 is 0.622 bits per heavy atom. The minimum Gasteiger partial charge on any atom is -0.457 e. The molecule has 1 atom stereocenters. The van der Waals surface area contributed by atoms with Crippen molar-refractivity contribution in [1.29, 1.82) is 0 Å². The number of fused-ring (bicyclic) bond motifs is 8. The Bertz CT molecular complexity index is 4350. The molecule has 0 amide bonds. The van der Waals surface area contributed by atoms with Gasteiger partial charge >= 0.3 is 78.2 Å². The topological polar surface area (TPSA) is 260 Å². The summed E-state index contributed by atoms with van der Waals surface area (Å²) in [4.78, 5) is 142. The molecule has 0 spiro atoms. The van der Waals surface area contributed by atoms with E-state index in [1.165, 1.54) is 24.3 Å². The number of ether oxygens (including phenoxy) is 6. The first-order valence-electron chi connectivity index (χ1n) is 26.0. The number of ketones is 2. The Morgan fingerprint density at radius 1 is 0.322 bits per heavy atom. The quantitative estimate of drug-likeness (QED) is 0.0510. The van der Waals surface area contributed by atoms with Gasteiger partial charge in [-0.25, -0.2) is 47.9 Å². The second-order valence-corrected chi connectivity index (χ2v) is 21.2. The van der Waals surface area contributed by atoms with Crippen LogP contribution in [0.15, 0.2) is 127 Å². The van der Waals surface area contributed by atoms with E-state index >= 15 is 13.2 Å². The first kappa shape index (κ1) is 59.1. The van der Waals surface area contributed by atoms with Crippen molar-refractivity contribution < 1.29 is 125 Å². The van der Waals surface area contributed by atoms with Crippen molar-refractivity contribution >= 4 is 71.3 Å². The summed E-state index contributed by atoms with van der Waals surface area (Å²) in [5.74, 6) is -11.5. The molecule has 18 nitrogen and oxygen atoms in total. The zero-order chi connectivity index (χ0) is 64.9. The molecule has 0 saturated heterocycles. The third kappa shape index (κ3) is 8.64. The third-order valence-corrected chi connectivity index (χ3v) is 16.4. The van der Waals surface area contributed by atoms with Gasteiger partial charge in [0.1, 0.15) is 27.7 Å². The molecule has 14 rings (SSSR count). The van der Waals surface area contributed by atoms with Crippen molar-refractivity contribution in [3.05, 3.63) is 233 Å². The van der Waals surface area contributed by atoms with Gasteiger partial charge in [0.15, 0.2) is 11.6 Å². The highest BCUT2D eigenvalue weighted by Gasteiger charge is 2.61. The number of benzene rings is 7. The number of cyclic esters (lactones) is 10. The highest BCUT2D eigenvalue weighted by molar-refractivity contribution is 6.25. The molecular weight excluding hydrogens is 1220 g/mol. The van der Waals surface area contributed by atoms with E-state index in [4.69, 9.17) is 4.74 Å².